The van der Waals surface area contributed by atoms with Crippen LogP contribution < -0.4 is 20.1 Å². The number of aliphatic imine (C=N–C) groups is 1. The molecule has 1 heterocycles. The lowest BCUT2D eigenvalue weighted by Gasteiger charge is -2.35. The van der Waals surface area contributed by atoms with Crippen LogP contribution >= 0.6 is 0 Å². The highest BCUT2D eigenvalue weighted by atomic mass is 16.5. The summed E-state index contributed by atoms with van der Waals surface area (Å²) in [6.07, 6.45) is 1.35. The highest BCUT2D eigenvalue weighted by Gasteiger charge is 2.25. The van der Waals surface area contributed by atoms with Crippen LogP contribution in [0.3, 0.4) is 0 Å². The normalized spacial score (nSPS) is 16.6. The minimum Gasteiger partial charge on any atom is -0.493 e. The smallest absolute Gasteiger partial charge is 0.191 e. The molecule has 0 aromatic heterocycles. The van der Waals surface area contributed by atoms with Gasteiger partial charge in [0.2, 0.25) is 0 Å². The Hall–Kier alpha value is -2.03. The second kappa shape index (κ2) is 12.7. The lowest BCUT2D eigenvalue weighted by molar-refractivity contribution is 0.0169. The lowest BCUT2D eigenvalue weighted by Crippen LogP contribution is -2.46. The van der Waals surface area contributed by atoms with Gasteiger partial charge >= 0.3 is 0 Å². The highest BCUT2D eigenvalue weighted by Crippen LogP contribution is 2.32. The number of nitrogens with one attached hydrogen (secondary N) is 2. The molecule has 0 aliphatic carbocycles. The number of rotatable bonds is 11. The molecule has 1 aliphatic rings. The Morgan fingerprint density at radius 3 is 2.39 bits per heavy atom. The standard InChI is InChI=1S/C23H40N4O4/c1-6-23(28,7-2)17-26-22(24-8-3)25-16-19(27-11-13-31-14-12-27)18-9-10-20(29-4)21(15-18)30-5/h9-10,15,19,28H,6-8,11-14,16-17H2,1-5H3,(H2,24,25,26). The molecule has 1 atom stereocenters. The van der Waals surface area contributed by atoms with E-state index in [1.165, 1.54) is 0 Å². The Bertz CT molecular complexity index is 688. The average molecular weight is 437 g/mol. The van der Waals surface area contributed by atoms with E-state index in [4.69, 9.17) is 14.2 Å². The summed E-state index contributed by atoms with van der Waals surface area (Å²) in [7, 11) is 3.30. The maximum absolute atomic E-state index is 10.6. The number of hydrogen-bond donors (Lipinski definition) is 3. The van der Waals surface area contributed by atoms with Crippen molar-refractivity contribution in [2.45, 2.75) is 45.3 Å². The molecule has 8 heteroatoms. The largest absolute Gasteiger partial charge is 0.493 e. The molecule has 1 aromatic carbocycles. The summed E-state index contributed by atoms with van der Waals surface area (Å²) in [5.74, 6) is 2.14. The number of morpholine rings is 1. The molecular weight excluding hydrogens is 396 g/mol. The van der Waals surface area contributed by atoms with Gasteiger partial charge in [0.15, 0.2) is 17.5 Å². The lowest BCUT2D eigenvalue weighted by atomic mass is 9.98. The van der Waals surface area contributed by atoms with Crippen molar-refractivity contribution in [2.75, 3.05) is 60.2 Å². The number of ether oxygens (including phenoxy) is 3. The number of nitrogens with zero attached hydrogens (tertiary/aromatic N) is 2. The van der Waals surface area contributed by atoms with Crippen molar-refractivity contribution in [2.24, 2.45) is 4.99 Å². The monoisotopic (exact) mass is 436 g/mol. The van der Waals surface area contributed by atoms with Crippen molar-refractivity contribution in [3.05, 3.63) is 23.8 Å². The maximum Gasteiger partial charge on any atom is 0.191 e. The van der Waals surface area contributed by atoms with E-state index in [9.17, 15) is 5.11 Å². The van der Waals surface area contributed by atoms with Gasteiger partial charge in [-0.15, -0.1) is 0 Å². The van der Waals surface area contributed by atoms with Crippen LogP contribution in [0.4, 0.5) is 0 Å². The van der Waals surface area contributed by atoms with Crippen molar-refractivity contribution >= 4 is 5.96 Å². The topological polar surface area (TPSA) is 87.6 Å². The zero-order chi connectivity index (χ0) is 22.7. The Morgan fingerprint density at radius 2 is 1.81 bits per heavy atom. The van der Waals surface area contributed by atoms with E-state index in [1.54, 1.807) is 14.2 Å². The van der Waals surface area contributed by atoms with E-state index in [2.05, 4.69) is 26.6 Å². The number of guanidine groups is 1. The Morgan fingerprint density at radius 1 is 1.13 bits per heavy atom. The van der Waals surface area contributed by atoms with E-state index >= 15 is 0 Å². The zero-order valence-corrected chi connectivity index (χ0v) is 19.7. The molecule has 0 radical (unpaired) electrons. The van der Waals surface area contributed by atoms with Crippen LogP contribution in [0.1, 0.15) is 45.2 Å². The first-order valence-corrected chi connectivity index (χ1v) is 11.3. The average Bonchev–Trinajstić information content (AvgIpc) is 2.82. The first kappa shape index (κ1) is 25.2. The van der Waals surface area contributed by atoms with Crippen LogP contribution in [0.25, 0.3) is 0 Å². The van der Waals surface area contributed by atoms with Crippen molar-refractivity contribution < 1.29 is 19.3 Å². The molecule has 0 amide bonds. The molecule has 8 nitrogen and oxygen atoms in total. The fourth-order valence-corrected chi connectivity index (χ4v) is 3.64. The van der Waals surface area contributed by atoms with Crippen molar-refractivity contribution in [1.29, 1.82) is 0 Å². The quantitative estimate of drug-likeness (QED) is 0.362. The van der Waals surface area contributed by atoms with Gasteiger partial charge < -0.3 is 30.0 Å². The minimum atomic E-state index is -0.769. The van der Waals surface area contributed by atoms with Gasteiger partial charge in [-0.2, -0.15) is 0 Å². The number of methoxy groups -OCH3 is 2. The molecule has 0 bridgehead atoms. The van der Waals surface area contributed by atoms with Crippen LogP contribution in [0.15, 0.2) is 23.2 Å². The molecule has 1 aliphatic heterocycles. The Labute approximate surface area is 187 Å². The molecule has 31 heavy (non-hydrogen) atoms. The fourth-order valence-electron chi connectivity index (χ4n) is 3.64. The third kappa shape index (κ3) is 7.26. The fraction of sp³-hybridized carbons (Fsp3) is 0.696. The van der Waals surface area contributed by atoms with E-state index in [0.29, 0.717) is 37.6 Å². The van der Waals surface area contributed by atoms with Crippen LogP contribution in [0.5, 0.6) is 11.5 Å². The predicted molar refractivity (Wildman–Crippen MR) is 124 cm³/mol. The maximum atomic E-state index is 10.6. The predicted octanol–water partition coefficient (Wildman–Crippen LogP) is 2.18. The third-order valence-electron chi connectivity index (χ3n) is 5.93. The number of aliphatic hydroxyl groups is 1. The van der Waals surface area contributed by atoms with E-state index in [0.717, 1.165) is 44.2 Å². The number of benzene rings is 1. The summed E-state index contributed by atoms with van der Waals surface area (Å²) in [4.78, 5) is 7.07. The first-order valence-electron chi connectivity index (χ1n) is 11.3. The van der Waals surface area contributed by atoms with Gasteiger partial charge in [0.05, 0.1) is 45.6 Å². The summed E-state index contributed by atoms with van der Waals surface area (Å²) >= 11 is 0. The summed E-state index contributed by atoms with van der Waals surface area (Å²) in [5.41, 5.74) is 0.372. The van der Waals surface area contributed by atoms with Gasteiger partial charge in [-0.25, -0.2) is 0 Å². The van der Waals surface area contributed by atoms with Gasteiger partial charge in [-0.1, -0.05) is 19.9 Å². The van der Waals surface area contributed by atoms with E-state index in [1.807, 2.05) is 32.9 Å². The molecule has 1 fully saturated rings. The van der Waals surface area contributed by atoms with Gasteiger partial charge in [0, 0.05) is 26.2 Å². The van der Waals surface area contributed by atoms with Crippen molar-refractivity contribution in [3.63, 3.8) is 0 Å². The summed E-state index contributed by atoms with van der Waals surface area (Å²) in [5, 5.41) is 17.4. The van der Waals surface area contributed by atoms with Crippen molar-refractivity contribution in [3.8, 4) is 11.5 Å². The molecule has 2 rings (SSSR count). The van der Waals surface area contributed by atoms with E-state index in [-0.39, 0.29) is 6.04 Å². The molecule has 1 unspecified atom stereocenters. The van der Waals surface area contributed by atoms with Gasteiger partial charge in [0.1, 0.15) is 0 Å². The summed E-state index contributed by atoms with van der Waals surface area (Å²) in [6, 6.07) is 6.19. The van der Waals surface area contributed by atoms with Gasteiger partial charge in [0.25, 0.3) is 0 Å². The molecule has 0 spiro atoms. The molecule has 1 aromatic rings. The summed E-state index contributed by atoms with van der Waals surface area (Å²) < 4.78 is 16.5. The van der Waals surface area contributed by atoms with Crippen LogP contribution in [0, 0.1) is 0 Å². The molecule has 1 saturated heterocycles. The SMILES string of the molecule is CCNC(=NCC(O)(CC)CC)NCC(c1ccc(OC)c(OC)c1)N1CCOCC1. The van der Waals surface area contributed by atoms with Gasteiger partial charge in [-0.05, 0) is 37.5 Å². The highest BCUT2D eigenvalue weighted by molar-refractivity contribution is 5.79. The van der Waals surface area contributed by atoms with Crippen LogP contribution in [-0.4, -0.2) is 81.7 Å². The van der Waals surface area contributed by atoms with Gasteiger partial charge in [-0.3, -0.25) is 9.89 Å². The second-order valence-electron chi connectivity index (χ2n) is 7.79. The van der Waals surface area contributed by atoms with Crippen LogP contribution in [-0.2, 0) is 4.74 Å². The zero-order valence-electron chi connectivity index (χ0n) is 19.7. The Balaban J connectivity index is 2.22. The third-order valence-corrected chi connectivity index (χ3v) is 5.93. The van der Waals surface area contributed by atoms with Crippen LogP contribution in [0.2, 0.25) is 0 Å². The summed E-state index contributed by atoms with van der Waals surface area (Å²) in [6.45, 7) is 11.0. The second-order valence-corrected chi connectivity index (χ2v) is 7.79. The molecule has 3 N–H and O–H groups in total. The number of hydrogen-bond acceptors (Lipinski definition) is 6. The van der Waals surface area contributed by atoms with Crippen molar-refractivity contribution in [1.82, 2.24) is 15.5 Å². The molecule has 0 saturated carbocycles. The first-order chi connectivity index (χ1) is 15.0. The molecule has 176 valence electrons. The molecular formula is C23H40N4O4. The Kier molecular flexibility index (Phi) is 10.4. The van der Waals surface area contributed by atoms with E-state index < -0.39 is 5.60 Å². The minimum absolute atomic E-state index is 0.115.